The van der Waals surface area contributed by atoms with Crippen LogP contribution in [0.4, 0.5) is 10.1 Å². The Kier molecular flexibility index (Phi) is 5.17. The molecular formula is C17H21FN2O. The first-order chi connectivity index (χ1) is 10.1. The molecule has 0 aliphatic rings. The number of halogens is 1. The minimum absolute atomic E-state index is 0.222. The molecule has 2 N–H and O–H groups in total. The van der Waals surface area contributed by atoms with Crippen molar-refractivity contribution < 1.29 is 9.13 Å². The summed E-state index contributed by atoms with van der Waals surface area (Å²) < 4.78 is 18.5. The Balaban J connectivity index is 2.16. The molecule has 0 aliphatic heterocycles. The van der Waals surface area contributed by atoms with Gasteiger partial charge in [-0.1, -0.05) is 12.1 Å². The molecule has 112 valence electrons. The van der Waals surface area contributed by atoms with Crippen LogP contribution in [-0.2, 0) is 13.0 Å². The second-order valence-corrected chi connectivity index (χ2v) is 5.02. The Morgan fingerprint density at radius 2 is 1.86 bits per heavy atom. The topological polar surface area (TPSA) is 38.5 Å². The van der Waals surface area contributed by atoms with E-state index in [2.05, 4.69) is 4.90 Å². The normalized spacial score (nSPS) is 10.5. The van der Waals surface area contributed by atoms with E-state index in [1.165, 1.54) is 11.6 Å². The predicted molar refractivity (Wildman–Crippen MR) is 84.3 cm³/mol. The summed E-state index contributed by atoms with van der Waals surface area (Å²) in [5.74, 6) is 0.618. The van der Waals surface area contributed by atoms with Gasteiger partial charge in [-0.3, -0.25) is 0 Å². The Morgan fingerprint density at radius 1 is 1.14 bits per heavy atom. The minimum Gasteiger partial charge on any atom is -0.497 e. The molecular weight excluding hydrogens is 267 g/mol. The Bertz CT molecular complexity index is 584. The number of ether oxygens (including phenoxy) is 1. The van der Waals surface area contributed by atoms with Gasteiger partial charge in [0.1, 0.15) is 11.6 Å². The summed E-state index contributed by atoms with van der Waals surface area (Å²) in [6.07, 6.45) is 0.667. The molecule has 0 atom stereocenters. The molecule has 0 saturated heterocycles. The van der Waals surface area contributed by atoms with Crippen LogP contribution < -0.4 is 15.4 Å². The van der Waals surface area contributed by atoms with Crippen molar-refractivity contribution in [3.05, 3.63) is 59.4 Å². The lowest BCUT2D eigenvalue weighted by Crippen LogP contribution is -2.19. The number of nitrogens with two attached hydrogens (primary N) is 1. The molecule has 0 saturated carbocycles. The molecule has 2 aromatic carbocycles. The largest absolute Gasteiger partial charge is 0.497 e. The number of hydrogen-bond donors (Lipinski definition) is 1. The standard InChI is InChI=1S/C17H21FN2O/c1-20(12-13-3-6-16(21-2)7-4-13)17-8-5-15(18)11-14(17)9-10-19/h3-8,11H,9-10,12,19H2,1-2H3. The number of benzene rings is 2. The van der Waals surface area contributed by atoms with Crippen LogP contribution in [0.2, 0.25) is 0 Å². The summed E-state index contributed by atoms with van der Waals surface area (Å²) in [5, 5.41) is 0. The van der Waals surface area contributed by atoms with Crippen molar-refractivity contribution in [3.8, 4) is 5.75 Å². The van der Waals surface area contributed by atoms with Crippen LogP contribution in [0.3, 0.4) is 0 Å². The highest BCUT2D eigenvalue weighted by Crippen LogP contribution is 2.23. The van der Waals surface area contributed by atoms with Crippen LogP contribution in [0, 0.1) is 5.82 Å². The van der Waals surface area contributed by atoms with Gasteiger partial charge in [-0.05, 0) is 54.4 Å². The molecule has 4 heteroatoms. The van der Waals surface area contributed by atoms with E-state index in [0.717, 1.165) is 23.5 Å². The summed E-state index contributed by atoms with van der Waals surface area (Å²) in [7, 11) is 3.65. The van der Waals surface area contributed by atoms with E-state index in [0.29, 0.717) is 13.0 Å². The van der Waals surface area contributed by atoms with Crippen molar-refractivity contribution in [3.63, 3.8) is 0 Å². The third kappa shape index (κ3) is 3.95. The Labute approximate surface area is 125 Å². The quantitative estimate of drug-likeness (QED) is 0.888. The number of anilines is 1. The highest BCUT2D eigenvalue weighted by Gasteiger charge is 2.09. The van der Waals surface area contributed by atoms with Gasteiger partial charge in [0.15, 0.2) is 0 Å². The molecule has 0 aromatic heterocycles. The predicted octanol–water partition coefficient (Wildman–Crippen LogP) is 2.97. The Morgan fingerprint density at radius 3 is 2.48 bits per heavy atom. The second-order valence-electron chi connectivity index (χ2n) is 5.02. The van der Waals surface area contributed by atoms with Crippen molar-refractivity contribution >= 4 is 5.69 Å². The SMILES string of the molecule is COc1ccc(CN(C)c2ccc(F)cc2CCN)cc1. The van der Waals surface area contributed by atoms with Crippen LogP contribution in [0.25, 0.3) is 0 Å². The van der Waals surface area contributed by atoms with E-state index in [9.17, 15) is 4.39 Å². The van der Waals surface area contributed by atoms with Crippen molar-refractivity contribution in [2.45, 2.75) is 13.0 Å². The van der Waals surface area contributed by atoms with Crippen LogP contribution in [0.15, 0.2) is 42.5 Å². The lowest BCUT2D eigenvalue weighted by Gasteiger charge is -2.23. The average Bonchev–Trinajstić information content (AvgIpc) is 2.48. The fraction of sp³-hybridized carbons (Fsp3) is 0.294. The molecule has 0 unspecified atom stereocenters. The van der Waals surface area contributed by atoms with Gasteiger partial charge in [-0.15, -0.1) is 0 Å². The van der Waals surface area contributed by atoms with Crippen molar-refractivity contribution in [2.75, 3.05) is 25.6 Å². The monoisotopic (exact) mass is 288 g/mol. The molecule has 2 rings (SSSR count). The van der Waals surface area contributed by atoms with Crippen molar-refractivity contribution in [1.82, 2.24) is 0 Å². The maximum atomic E-state index is 13.4. The van der Waals surface area contributed by atoms with Gasteiger partial charge in [0.25, 0.3) is 0 Å². The first-order valence-corrected chi connectivity index (χ1v) is 6.96. The maximum Gasteiger partial charge on any atom is 0.123 e. The molecule has 0 bridgehead atoms. The van der Waals surface area contributed by atoms with Gasteiger partial charge < -0.3 is 15.4 Å². The summed E-state index contributed by atoms with van der Waals surface area (Å²) in [4.78, 5) is 2.10. The third-order valence-electron chi connectivity index (χ3n) is 3.45. The van der Waals surface area contributed by atoms with Crippen molar-refractivity contribution in [2.24, 2.45) is 5.73 Å². The van der Waals surface area contributed by atoms with Crippen molar-refractivity contribution in [1.29, 1.82) is 0 Å². The Hall–Kier alpha value is -2.07. The first kappa shape index (κ1) is 15.3. The third-order valence-corrected chi connectivity index (χ3v) is 3.45. The van der Waals surface area contributed by atoms with Gasteiger partial charge >= 0.3 is 0 Å². The van der Waals surface area contributed by atoms with E-state index < -0.39 is 0 Å². The minimum atomic E-state index is -0.222. The number of rotatable bonds is 6. The molecule has 0 spiro atoms. The molecule has 0 heterocycles. The highest BCUT2D eigenvalue weighted by atomic mass is 19.1. The zero-order valence-corrected chi connectivity index (χ0v) is 12.5. The van der Waals surface area contributed by atoms with E-state index in [1.807, 2.05) is 37.4 Å². The molecule has 0 aliphatic carbocycles. The molecule has 0 fully saturated rings. The molecule has 0 radical (unpaired) electrons. The lowest BCUT2D eigenvalue weighted by atomic mass is 10.1. The molecule has 0 amide bonds. The first-order valence-electron chi connectivity index (χ1n) is 6.96. The highest BCUT2D eigenvalue weighted by molar-refractivity contribution is 5.54. The smallest absolute Gasteiger partial charge is 0.123 e. The zero-order valence-electron chi connectivity index (χ0n) is 12.5. The molecule has 2 aromatic rings. The van der Waals surface area contributed by atoms with Crippen LogP contribution in [-0.4, -0.2) is 20.7 Å². The van der Waals surface area contributed by atoms with Gasteiger partial charge in [0.2, 0.25) is 0 Å². The fourth-order valence-corrected chi connectivity index (χ4v) is 2.37. The summed E-state index contributed by atoms with van der Waals surface area (Å²) >= 11 is 0. The lowest BCUT2D eigenvalue weighted by molar-refractivity contribution is 0.414. The fourth-order valence-electron chi connectivity index (χ4n) is 2.37. The van der Waals surface area contributed by atoms with E-state index >= 15 is 0 Å². The van der Waals surface area contributed by atoms with E-state index in [4.69, 9.17) is 10.5 Å². The van der Waals surface area contributed by atoms with Gasteiger partial charge in [-0.2, -0.15) is 0 Å². The second kappa shape index (κ2) is 7.09. The van der Waals surface area contributed by atoms with Gasteiger partial charge in [-0.25, -0.2) is 4.39 Å². The summed E-state index contributed by atoms with van der Waals surface area (Å²) in [5.41, 5.74) is 8.73. The average molecular weight is 288 g/mol. The van der Waals surface area contributed by atoms with Crippen LogP contribution in [0.1, 0.15) is 11.1 Å². The van der Waals surface area contributed by atoms with Crippen LogP contribution in [0.5, 0.6) is 5.75 Å². The maximum absolute atomic E-state index is 13.4. The molecule has 3 nitrogen and oxygen atoms in total. The van der Waals surface area contributed by atoms with Gasteiger partial charge in [0.05, 0.1) is 7.11 Å². The van der Waals surface area contributed by atoms with Gasteiger partial charge in [0, 0.05) is 19.3 Å². The summed E-state index contributed by atoms with van der Waals surface area (Å²) in [6.45, 7) is 1.25. The van der Waals surface area contributed by atoms with Crippen LogP contribution >= 0.6 is 0 Å². The molecule has 21 heavy (non-hydrogen) atoms. The summed E-state index contributed by atoms with van der Waals surface area (Å²) in [6, 6.07) is 12.8. The van der Waals surface area contributed by atoms with E-state index in [-0.39, 0.29) is 5.82 Å². The zero-order chi connectivity index (χ0) is 15.2. The number of methoxy groups -OCH3 is 1. The van der Waals surface area contributed by atoms with E-state index in [1.54, 1.807) is 13.2 Å². The number of hydrogen-bond acceptors (Lipinski definition) is 3. The number of nitrogens with zero attached hydrogens (tertiary/aromatic N) is 1.